The van der Waals surface area contributed by atoms with Crippen LogP contribution in [0.5, 0.6) is 5.75 Å². The number of likely N-dealkylation sites (N-methyl/N-ethyl adjacent to an activating group) is 1. The lowest BCUT2D eigenvalue weighted by molar-refractivity contribution is -0.207. The molecule has 0 aliphatic heterocycles. The van der Waals surface area contributed by atoms with Gasteiger partial charge in [0.15, 0.2) is 6.10 Å². The Kier molecular flexibility index (Phi) is 5.79. The predicted octanol–water partition coefficient (Wildman–Crippen LogP) is 2.49. The highest BCUT2D eigenvalue weighted by Crippen LogP contribution is 2.22. The van der Waals surface area contributed by atoms with E-state index >= 15 is 0 Å². The van der Waals surface area contributed by atoms with Crippen molar-refractivity contribution in [1.82, 2.24) is 15.0 Å². The van der Waals surface area contributed by atoms with E-state index in [4.69, 9.17) is 14.4 Å². The van der Waals surface area contributed by atoms with E-state index < -0.39 is 18.8 Å². The van der Waals surface area contributed by atoms with Gasteiger partial charge in [-0.05, 0) is 38.2 Å². The zero-order valence-corrected chi connectivity index (χ0v) is 13.2. The first-order valence-electron chi connectivity index (χ1n) is 7.28. The number of benzene rings is 1. The number of rotatable bonds is 7. The van der Waals surface area contributed by atoms with E-state index in [0.29, 0.717) is 23.7 Å². The van der Waals surface area contributed by atoms with Crippen LogP contribution in [0, 0.1) is 0 Å². The molecule has 0 amide bonds. The molecule has 24 heavy (non-hydrogen) atoms. The monoisotopic (exact) mass is 345 g/mol. The molecule has 0 aliphatic carbocycles. The van der Waals surface area contributed by atoms with E-state index in [9.17, 15) is 13.2 Å². The van der Waals surface area contributed by atoms with Crippen molar-refractivity contribution >= 4 is 0 Å². The number of ether oxygens (including phenoxy) is 1. The van der Waals surface area contributed by atoms with E-state index in [2.05, 4.69) is 10.1 Å². The van der Waals surface area contributed by atoms with Crippen LogP contribution in [0.2, 0.25) is 0 Å². The normalized spacial score (nSPS) is 13.3. The van der Waals surface area contributed by atoms with E-state index in [1.807, 2.05) is 6.92 Å². The first kappa shape index (κ1) is 18.2. The maximum atomic E-state index is 12.3. The highest BCUT2D eigenvalue weighted by molar-refractivity contribution is 5.55. The molecule has 0 saturated heterocycles. The van der Waals surface area contributed by atoms with Gasteiger partial charge in [-0.15, -0.1) is 0 Å². The second-order valence-electron chi connectivity index (χ2n) is 5.22. The Bertz CT molecular complexity index is 643. The van der Waals surface area contributed by atoms with Gasteiger partial charge in [-0.1, -0.05) is 5.16 Å². The topological polar surface area (TPSA) is 71.6 Å². The summed E-state index contributed by atoms with van der Waals surface area (Å²) in [6, 6.07) is 7.05. The molecule has 1 atom stereocenters. The van der Waals surface area contributed by atoms with Crippen molar-refractivity contribution in [3.05, 3.63) is 30.2 Å². The fourth-order valence-electron chi connectivity index (χ4n) is 2.00. The predicted molar refractivity (Wildman–Crippen MR) is 79.3 cm³/mol. The first-order chi connectivity index (χ1) is 11.3. The molecule has 9 heteroatoms. The smallest absolute Gasteiger partial charge is 0.415 e. The van der Waals surface area contributed by atoms with Crippen LogP contribution in [0.4, 0.5) is 13.2 Å². The molecule has 1 heterocycles. The molecule has 0 bridgehead atoms. The molecular weight excluding hydrogens is 327 g/mol. The number of hydrogen-bond donors (Lipinski definition) is 1. The Morgan fingerprint density at radius 3 is 2.54 bits per heavy atom. The largest absolute Gasteiger partial charge is 0.494 e. The summed E-state index contributed by atoms with van der Waals surface area (Å²) in [5.74, 6) is 1.21. The Labute approximate surface area is 136 Å². The van der Waals surface area contributed by atoms with Crippen molar-refractivity contribution in [2.45, 2.75) is 25.7 Å². The molecule has 1 aromatic carbocycles. The SMILES string of the molecule is CCOc1ccc(-c2noc(CN(C)CC(O)C(F)(F)F)n2)cc1. The number of hydrogen-bond acceptors (Lipinski definition) is 6. The Morgan fingerprint density at radius 1 is 1.29 bits per heavy atom. The summed E-state index contributed by atoms with van der Waals surface area (Å²) < 4.78 is 47.3. The average molecular weight is 345 g/mol. The number of aliphatic hydroxyl groups excluding tert-OH is 1. The third-order valence-electron chi connectivity index (χ3n) is 3.16. The zero-order valence-electron chi connectivity index (χ0n) is 13.2. The van der Waals surface area contributed by atoms with Crippen molar-refractivity contribution in [2.75, 3.05) is 20.2 Å². The third kappa shape index (κ3) is 4.93. The van der Waals surface area contributed by atoms with Gasteiger partial charge in [0.25, 0.3) is 0 Å². The van der Waals surface area contributed by atoms with Gasteiger partial charge in [0, 0.05) is 12.1 Å². The van der Waals surface area contributed by atoms with Gasteiger partial charge in [-0.3, -0.25) is 4.90 Å². The molecule has 132 valence electrons. The molecule has 0 spiro atoms. The summed E-state index contributed by atoms with van der Waals surface area (Å²) in [4.78, 5) is 5.40. The molecule has 2 rings (SSSR count). The molecular formula is C15H18F3N3O3. The summed E-state index contributed by atoms with van der Waals surface area (Å²) in [7, 11) is 1.43. The van der Waals surface area contributed by atoms with E-state index in [0.717, 1.165) is 0 Å². The molecule has 0 fully saturated rings. The molecule has 1 aromatic heterocycles. The second-order valence-corrected chi connectivity index (χ2v) is 5.22. The van der Waals surface area contributed by atoms with Gasteiger partial charge in [-0.25, -0.2) is 0 Å². The van der Waals surface area contributed by atoms with Crippen molar-refractivity contribution in [3.8, 4) is 17.1 Å². The Balaban J connectivity index is 1.97. The Morgan fingerprint density at radius 2 is 1.96 bits per heavy atom. The molecule has 6 nitrogen and oxygen atoms in total. The highest BCUT2D eigenvalue weighted by Gasteiger charge is 2.38. The lowest BCUT2D eigenvalue weighted by Crippen LogP contribution is -2.39. The maximum Gasteiger partial charge on any atom is 0.415 e. The number of halogens is 3. The summed E-state index contributed by atoms with van der Waals surface area (Å²) in [6.07, 6.45) is -7.08. The van der Waals surface area contributed by atoms with E-state index in [1.54, 1.807) is 24.3 Å². The summed E-state index contributed by atoms with van der Waals surface area (Å²) in [5, 5.41) is 12.8. The minimum absolute atomic E-state index is 0.00281. The standard InChI is InChI=1S/C15H18F3N3O3/c1-3-23-11-6-4-10(5-7-11)14-19-13(24-20-14)9-21(2)8-12(22)15(16,17)18/h4-7,12,22H,3,8-9H2,1-2H3. The van der Waals surface area contributed by atoms with Crippen LogP contribution in [0.15, 0.2) is 28.8 Å². The van der Waals surface area contributed by atoms with Crippen molar-refractivity contribution in [1.29, 1.82) is 0 Å². The third-order valence-corrected chi connectivity index (χ3v) is 3.16. The second kappa shape index (κ2) is 7.63. The maximum absolute atomic E-state index is 12.3. The van der Waals surface area contributed by atoms with Crippen LogP contribution in [0.1, 0.15) is 12.8 Å². The summed E-state index contributed by atoms with van der Waals surface area (Å²) >= 11 is 0. The molecule has 0 saturated carbocycles. The number of aliphatic hydroxyl groups is 1. The molecule has 1 unspecified atom stereocenters. The van der Waals surface area contributed by atoms with E-state index in [-0.39, 0.29) is 12.4 Å². The minimum atomic E-state index is -4.66. The Hall–Kier alpha value is -2.13. The van der Waals surface area contributed by atoms with Gasteiger partial charge in [0.1, 0.15) is 5.75 Å². The van der Waals surface area contributed by atoms with Crippen LogP contribution in [-0.4, -0.2) is 52.6 Å². The van der Waals surface area contributed by atoms with E-state index in [1.165, 1.54) is 11.9 Å². The van der Waals surface area contributed by atoms with Gasteiger partial charge >= 0.3 is 6.18 Å². The fourth-order valence-corrected chi connectivity index (χ4v) is 2.00. The van der Waals surface area contributed by atoms with Gasteiger partial charge < -0.3 is 14.4 Å². The molecule has 0 radical (unpaired) electrons. The minimum Gasteiger partial charge on any atom is -0.494 e. The van der Waals surface area contributed by atoms with Crippen LogP contribution in [-0.2, 0) is 6.54 Å². The van der Waals surface area contributed by atoms with Crippen LogP contribution < -0.4 is 4.74 Å². The lowest BCUT2D eigenvalue weighted by atomic mass is 10.2. The fraction of sp³-hybridized carbons (Fsp3) is 0.467. The zero-order chi connectivity index (χ0) is 17.7. The van der Waals surface area contributed by atoms with Gasteiger partial charge in [0.05, 0.1) is 13.2 Å². The van der Waals surface area contributed by atoms with Crippen molar-refractivity contribution < 1.29 is 27.5 Å². The van der Waals surface area contributed by atoms with Crippen molar-refractivity contribution in [2.24, 2.45) is 0 Å². The van der Waals surface area contributed by atoms with Gasteiger partial charge in [0.2, 0.25) is 11.7 Å². The number of aromatic nitrogens is 2. The summed E-state index contributed by atoms with van der Waals surface area (Å²) in [5.41, 5.74) is 0.700. The highest BCUT2D eigenvalue weighted by atomic mass is 19.4. The number of nitrogens with zero attached hydrogens (tertiary/aromatic N) is 3. The molecule has 1 N–H and O–H groups in total. The summed E-state index contributed by atoms with van der Waals surface area (Å²) in [6.45, 7) is 1.86. The van der Waals surface area contributed by atoms with Crippen LogP contribution in [0.3, 0.4) is 0 Å². The van der Waals surface area contributed by atoms with Crippen LogP contribution >= 0.6 is 0 Å². The first-order valence-corrected chi connectivity index (χ1v) is 7.28. The van der Waals surface area contributed by atoms with Crippen molar-refractivity contribution in [3.63, 3.8) is 0 Å². The van der Waals surface area contributed by atoms with Crippen LogP contribution in [0.25, 0.3) is 11.4 Å². The molecule has 2 aromatic rings. The quantitative estimate of drug-likeness (QED) is 0.831. The average Bonchev–Trinajstić information content (AvgIpc) is 2.95. The number of alkyl halides is 3. The van der Waals surface area contributed by atoms with Gasteiger partial charge in [-0.2, -0.15) is 18.2 Å². The molecule has 0 aliphatic rings. The lowest BCUT2D eigenvalue weighted by Gasteiger charge is -2.20.